The molecule has 1 nitrogen and oxygen atoms in total. The molecule has 0 radical (unpaired) electrons. The summed E-state index contributed by atoms with van der Waals surface area (Å²) in [4.78, 5) is 5.26. The van der Waals surface area contributed by atoms with E-state index < -0.39 is 0 Å². The number of hydrogen-bond acceptors (Lipinski definition) is 1. The van der Waals surface area contributed by atoms with Crippen LogP contribution in [-0.2, 0) is 0 Å². The van der Waals surface area contributed by atoms with Gasteiger partial charge in [0.25, 0.3) is 0 Å². The molecule has 0 N–H and O–H groups in total. The van der Waals surface area contributed by atoms with E-state index in [1.54, 1.807) is 0 Å². The van der Waals surface area contributed by atoms with E-state index in [4.69, 9.17) is 4.98 Å². The van der Waals surface area contributed by atoms with Crippen molar-refractivity contribution in [2.75, 3.05) is 0 Å². The third kappa shape index (κ3) is 3.66. The Balaban J connectivity index is 1.26. The van der Waals surface area contributed by atoms with Gasteiger partial charge >= 0.3 is 0 Å². The molecule has 9 aromatic carbocycles. The minimum absolute atomic E-state index is 1.01. The lowest BCUT2D eigenvalue weighted by Gasteiger charge is -2.16. The topological polar surface area (TPSA) is 12.9 Å². The number of hydrogen-bond donors (Lipinski definition) is 0. The molecular formula is C45H27N. The number of benzene rings is 9. The largest absolute Gasteiger partial charge is 0.247 e. The Morgan fingerprint density at radius 3 is 1.65 bits per heavy atom. The van der Waals surface area contributed by atoms with Gasteiger partial charge in [-0.15, -0.1) is 0 Å². The van der Waals surface area contributed by atoms with Gasteiger partial charge < -0.3 is 0 Å². The van der Waals surface area contributed by atoms with E-state index in [-0.39, 0.29) is 0 Å². The van der Waals surface area contributed by atoms with Crippen molar-refractivity contribution in [3.05, 3.63) is 164 Å². The van der Waals surface area contributed by atoms with Gasteiger partial charge in [-0.25, -0.2) is 4.98 Å². The first-order valence-corrected chi connectivity index (χ1v) is 15.9. The smallest absolute Gasteiger partial charge is 0.0788 e. The molecule has 0 saturated carbocycles. The molecule has 1 heteroatoms. The minimum Gasteiger partial charge on any atom is -0.247 e. The molecule has 0 atom stereocenters. The van der Waals surface area contributed by atoms with Gasteiger partial charge in [-0.05, 0) is 83.2 Å². The van der Waals surface area contributed by atoms with E-state index in [0.29, 0.717) is 0 Å². The van der Waals surface area contributed by atoms with Gasteiger partial charge in [0.1, 0.15) is 0 Å². The molecule has 212 valence electrons. The standard InChI is InChI=1S/C45H27N/c1-2-11-29-26-31(21-20-28(29)10-1)45-41-25-24-37-32(17-9-18-39(37)44(41)40-16-7-8-19-43(40)46-45)30-22-23-38-35-14-4-3-12-33(35)34-13-5-6-15-36(34)42(38)27-30/h1-27H. The van der Waals surface area contributed by atoms with E-state index in [9.17, 15) is 0 Å². The predicted octanol–water partition coefficient (Wildman–Crippen LogP) is 12.5. The molecule has 10 aromatic rings. The normalized spacial score (nSPS) is 11.9. The van der Waals surface area contributed by atoms with Crippen molar-refractivity contribution in [2.45, 2.75) is 0 Å². The van der Waals surface area contributed by atoms with Crippen LogP contribution in [0.25, 0.3) is 97.9 Å². The zero-order valence-electron chi connectivity index (χ0n) is 25.0. The number of nitrogens with zero attached hydrogens (tertiary/aromatic N) is 1. The summed E-state index contributed by atoms with van der Waals surface area (Å²) in [6.45, 7) is 0. The molecule has 0 aliphatic carbocycles. The fraction of sp³-hybridized carbons (Fsp3) is 0. The van der Waals surface area contributed by atoms with Crippen molar-refractivity contribution in [3.63, 3.8) is 0 Å². The summed E-state index contributed by atoms with van der Waals surface area (Å²) >= 11 is 0. The average Bonchev–Trinajstić information content (AvgIpc) is 3.13. The SMILES string of the molecule is c1ccc2cc(-c3nc4ccccc4c4c3ccc3c(-c5ccc6c7ccccc7c7ccccc7c6c5)cccc34)ccc2c1. The number of aromatic nitrogens is 1. The van der Waals surface area contributed by atoms with E-state index in [2.05, 4.69) is 164 Å². The summed E-state index contributed by atoms with van der Waals surface area (Å²) in [7, 11) is 0. The second kappa shape index (κ2) is 9.72. The number of para-hydroxylation sites is 1. The van der Waals surface area contributed by atoms with Crippen LogP contribution in [0.4, 0.5) is 0 Å². The van der Waals surface area contributed by atoms with Crippen LogP contribution in [0.15, 0.2) is 164 Å². The van der Waals surface area contributed by atoms with E-state index >= 15 is 0 Å². The lowest BCUT2D eigenvalue weighted by molar-refractivity contribution is 1.43. The zero-order chi connectivity index (χ0) is 30.2. The van der Waals surface area contributed by atoms with Crippen LogP contribution in [0.3, 0.4) is 0 Å². The second-order valence-electron chi connectivity index (χ2n) is 12.3. The molecule has 1 aromatic heterocycles. The van der Waals surface area contributed by atoms with E-state index in [0.717, 1.165) is 16.8 Å². The number of fused-ring (bicyclic) bond motifs is 12. The maximum Gasteiger partial charge on any atom is 0.0788 e. The first-order chi connectivity index (χ1) is 22.8. The van der Waals surface area contributed by atoms with Gasteiger partial charge in [-0.1, -0.05) is 146 Å². The highest BCUT2D eigenvalue weighted by Gasteiger charge is 2.16. The molecule has 0 amide bonds. The molecule has 0 spiro atoms. The summed E-state index contributed by atoms with van der Waals surface area (Å²) in [5.41, 5.74) is 5.65. The van der Waals surface area contributed by atoms with Crippen molar-refractivity contribution < 1.29 is 0 Å². The fourth-order valence-corrected chi connectivity index (χ4v) is 7.69. The molecule has 0 aliphatic rings. The average molecular weight is 582 g/mol. The van der Waals surface area contributed by atoms with Crippen LogP contribution in [0, 0.1) is 0 Å². The third-order valence-electron chi connectivity index (χ3n) is 9.80. The lowest BCUT2D eigenvalue weighted by atomic mass is 9.89. The lowest BCUT2D eigenvalue weighted by Crippen LogP contribution is -1.92. The molecule has 10 rings (SSSR count). The van der Waals surface area contributed by atoms with Crippen LogP contribution in [0.1, 0.15) is 0 Å². The first kappa shape index (κ1) is 25.3. The summed E-state index contributed by atoms with van der Waals surface area (Å²) < 4.78 is 0. The molecule has 0 fully saturated rings. The summed E-state index contributed by atoms with van der Waals surface area (Å²) in [6, 6.07) is 59.8. The van der Waals surface area contributed by atoms with Crippen LogP contribution in [0.5, 0.6) is 0 Å². The highest BCUT2D eigenvalue weighted by Crippen LogP contribution is 2.42. The predicted molar refractivity (Wildman–Crippen MR) is 198 cm³/mol. The summed E-state index contributed by atoms with van der Waals surface area (Å²) in [5, 5.41) is 16.3. The van der Waals surface area contributed by atoms with E-state index in [1.807, 2.05) is 0 Å². The van der Waals surface area contributed by atoms with Crippen LogP contribution < -0.4 is 0 Å². The minimum atomic E-state index is 1.01. The number of rotatable bonds is 2. The summed E-state index contributed by atoms with van der Waals surface area (Å²) in [6.07, 6.45) is 0. The van der Waals surface area contributed by atoms with Gasteiger partial charge in [-0.2, -0.15) is 0 Å². The third-order valence-corrected chi connectivity index (χ3v) is 9.80. The Labute approximate surface area is 266 Å². The van der Waals surface area contributed by atoms with Gasteiger partial charge in [0.15, 0.2) is 0 Å². The Hall–Kier alpha value is -6.05. The molecule has 0 aliphatic heterocycles. The molecule has 0 unspecified atom stereocenters. The first-order valence-electron chi connectivity index (χ1n) is 15.9. The Morgan fingerprint density at radius 1 is 0.304 bits per heavy atom. The quantitative estimate of drug-likeness (QED) is 0.185. The molecule has 0 saturated heterocycles. The van der Waals surface area contributed by atoms with Crippen molar-refractivity contribution in [2.24, 2.45) is 0 Å². The van der Waals surface area contributed by atoms with Crippen molar-refractivity contribution in [1.82, 2.24) is 4.98 Å². The second-order valence-corrected chi connectivity index (χ2v) is 12.3. The van der Waals surface area contributed by atoms with Crippen molar-refractivity contribution >= 4 is 75.5 Å². The summed E-state index contributed by atoms with van der Waals surface area (Å²) in [5.74, 6) is 0. The maximum absolute atomic E-state index is 5.26. The fourth-order valence-electron chi connectivity index (χ4n) is 7.69. The Morgan fingerprint density at radius 2 is 0.870 bits per heavy atom. The van der Waals surface area contributed by atoms with Gasteiger partial charge in [0.05, 0.1) is 11.2 Å². The molecule has 0 bridgehead atoms. The number of pyridine rings is 1. The Kier molecular flexibility index (Phi) is 5.35. The van der Waals surface area contributed by atoms with Crippen molar-refractivity contribution in [1.29, 1.82) is 0 Å². The van der Waals surface area contributed by atoms with Crippen LogP contribution >= 0.6 is 0 Å². The van der Waals surface area contributed by atoms with Crippen molar-refractivity contribution in [3.8, 4) is 22.4 Å². The Bertz CT molecular complexity index is 2830. The van der Waals surface area contributed by atoms with Crippen LogP contribution in [-0.4, -0.2) is 4.98 Å². The van der Waals surface area contributed by atoms with Gasteiger partial charge in [0, 0.05) is 21.7 Å². The maximum atomic E-state index is 5.26. The monoisotopic (exact) mass is 581 g/mol. The zero-order valence-corrected chi connectivity index (χ0v) is 25.0. The van der Waals surface area contributed by atoms with E-state index in [1.165, 1.54) is 81.1 Å². The molecular weight excluding hydrogens is 555 g/mol. The highest BCUT2D eigenvalue weighted by molar-refractivity contribution is 6.27. The van der Waals surface area contributed by atoms with Gasteiger partial charge in [0.2, 0.25) is 0 Å². The van der Waals surface area contributed by atoms with Gasteiger partial charge in [-0.3, -0.25) is 0 Å². The van der Waals surface area contributed by atoms with Crippen LogP contribution in [0.2, 0.25) is 0 Å². The molecule has 1 heterocycles. The highest BCUT2D eigenvalue weighted by atomic mass is 14.7. The molecule has 46 heavy (non-hydrogen) atoms.